The molecule has 1 aliphatic carbocycles. The maximum absolute atomic E-state index is 13.0. The summed E-state index contributed by atoms with van der Waals surface area (Å²) in [5, 5.41) is 4.20. The van der Waals surface area contributed by atoms with Gasteiger partial charge in [-0.3, -0.25) is 4.79 Å². The Morgan fingerprint density at radius 2 is 1.92 bits per heavy atom. The summed E-state index contributed by atoms with van der Waals surface area (Å²) in [5.74, 6) is 0.752. The predicted molar refractivity (Wildman–Crippen MR) is 95.5 cm³/mol. The Labute approximate surface area is 140 Å². The zero-order valence-electron chi connectivity index (χ0n) is 13.6. The van der Waals surface area contributed by atoms with E-state index in [1.54, 1.807) is 0 Å². The first kappa shape index (κ1) is 14.8. The molecule has 4 rings (SSSR count). The zero-order chi connectivity index (χ0) is 16.6. The SMILES string of the molecule is CCOc1ccccc1NC(=O)C1(c2c[nH]c3ccccc23)CC1. The number of amides is 1. The summed E-state index contributed by atoms with van der Waals surface area (Å²) in [6.07, 6.45) is 3.72. The number of hydrogen-bond donors (Lipinski definition) is 2. The number of rotatable bonds is 5. The van der Waals surface area contributed by atoms with Gasteiger partial charge in [-0.2, -0.15) is 0 Å². The molecule has 0 radical (unpaired) electrons. The molecule has 0 bridgehead atoms. The van der Waals surface area contributed by atoms with Crippen molar-refractivity contribution in [2.75, 3.05) is 11.9 Å². The number of aromatic nitrogens is 1. The van der Waals surface area contributed by atoms with Crippen molar-refractivity contribution in [1.82, 2.24) is 4.98 Å². The highest BCUT2D eigenvalue weighted by Gasteiger charge is 2.52. The maximum atomic E-state index is 13.0. The fraction of sp³-hybridized carbons (Fsp3) is 0.250. The van der Waals surface area contributed by atoms with Crippen molar-refractivity contribution in [1.29, 1.82) is 0 Å². The van der Waals surface area contributed by atoms with E-state index in [2.05, 4.69) is 16.4 Å². The van der Waals surface area contributed by atoms with Crippen molar-refractivity contribution >= 4 is 22.5 Å². The number of carbonyl (C=O) groups excluding carboxylic acids is 1. The van der Waals surface area contributed by atoms with Gasteiger partial charge in [0.05, 0.1) is 17.7 Å². The van der Waals surface area contributed by atoms with Crippen LogP contribution in [0.2, 0.25) is 0 Å². The number of H-pyrrole nitrogens is 1. The van der Waals surface area contributed by atoms with Gasteiger partial charge in [-0.25, -0.2) is 0 Å². The van der Waals surface area contributed by atoms with E-state index >= 15 is 0 Å². The van der Waals surface area contributed by atoms with E-state index < -0.39 is 5.41 Å². The molecule has 1 heterocycles. The van der Waals surface area contributed by atoms with E-state index in [1.165, 1.54) is 0 Å². The smallest absolute Gasteiger partial charge is 0.235 e. The third-order valence-corrected chi connectivity index (χ3v) is 4.72. The van der Waals surface area contributed by atoms with Crippen LogP contribution in [0.4, 0.5) is 5.69 Å². The lowest BCUT2D eigenvalue weighted by Gasteiger charge is -2.17. The molecule has 0 spiro atoms. The Kier molecular flexibility index (Phi) is 3.53. The molecule has 0 aliphatic heterocycles. The van der Waals surface area contributed by atoms with Gasteiger partial charge in [0.2, 0.25) is 5.91 Å². The summed E-state index contributed by atoms with van der Waals surface area (Å²) in [4.78, 5) is 16.3. The number of anilines is 1. The summed E-state index contributed by atoms with van der Waals surface area (Å²) < 4.78 is 5.61. The van der Waals surface area contributed by atoms with Gasteiger partial charge in [-0.1, -0.05) is 30.3 Å². The van der Waals surface area contributed by atoms with Crippen LogP contribution in [-0.4, -0.2) is 17.5 Å². The Morgan fingerprint density at radius 1 is 1.17 bits per heavy atom. The number of para-hydroxylation sites is 3. The van der Waals surface area contributed by atoms with E-state index in [4.69, 9.17) is 4.74 Å². The maximum Gasteiger partial charge on any atom is 0.235 e. The van der Waals surface area contributed by atoms with Crippen LogP contribution < -0.4 is 10.1 Å². The second-order valence-corrected chi connectivity index (χ2v) is 6.21. The molecule has 4 heteroatoms. The van der Waals surface area contributed by atoms with E-state index in [9.17, 15) is 4.79 Å². The van der Waals surface area contributed by atoms with Gasteiger partial charge in [-0.05, 0) is 43.5 Å². The van der Waals surface area contributed by atoms with E-state index in [0.717, 1.165) is 35.0 Å². The number of aromatic amines is 1. The topological polar surface area (TPSA) is 54.1 Å². The van der Waals surface area contributed by atoms with Gasteiger partial charge in [0, 0.05) is 17.1 Å². The molecule has 0 atom stereocenters. The standard InChI is InChI=1S/C20H20N2O2/c1-2-24-18-10-6-5-9-17(18)22-19(23)20(11-12-20)15-13-21-16-8-4-3-7-14(15)16/h3-10,13,21H,2,11-12H2,1H3,(H,22,23). The van der Waals surface area contributed by atoms with Gasteiger partial charge in [0.1, 0.15) is 5.75 Å². The average molecular weight is 320 g/mol. The molecule has 24 heavy (non-hydrogen) atoms. The first-order valence-corrected chi connectivity index (χ1v) is 8.34. The lowest BCUT2D eigenvalue weighted by Crippen LogP contribution is -2.27. The monoisotopic (exact) mass is 320 g/mol. The number of fused-ring (bicyclic) bond motifs is 1. The number of nitrogens with one attached hydrogen (secondary N) is 2. The van der Waals surface area contributed by atoms with Crippen molar-refractivity contribution in [2.24, 2.45) is 0 Å². The summed E-state index contributed by atoms with van der Waals surface area (Å²) in [6.45, 7) is 2.51. The van der Waals surface area contributed by atoms with Crippen LogP contribution in [-0.2, 0) is 10.2 Å². The number of benzene rings is 2. The molecule has 2 aromatic carbocycles. The summed E-state index contributed by atoms with van der Waals surface area (Å²) in [5.41, 5.74) is 2.46. The van der Waals surface area contributed by atoms with Crippen LogP contribution in [0, 0.1) is 0 Å². The van der Waals surface area contributed by atoms with E-state index in [0.29, 0.717) is 12.4 Å². The fourth-order valence-corrected chi connectivity index (χ4v) is 3.30. The molecular formula is C20H20N2O2. The minimum atomic E-state index is -0.432. The largest absolute Gasteiger partial charge is 0.492 e. The third-order valence-electron chi connectivity index (χ3n) is 4.72. The first-order valence-electron chi connectivity index (χ1n) is 8.34. The highest BCUT2D eigenvalue weighted by Crippen LogP contribution is 2.51. The lowest BCUT2D eigenvalue weighted by molar-refractivity contribution is -0.118. The lowest BCUT2D eigenvalue weighted by atomic mass is 9.94. The van der Waals surface area contributed by atoms with Gasteiger partial charge in [-0.15, -0.1) is 0 Å². The molecule has 0 saturated heterocycles. The molecule has 1 saturated carbocycles. The molecule has 1 aromatic heterocycles. The van der Waals surface area contributed by atoms with E-state index in [1.807, 2.05) is 55.6 Å². The normalized spacial score (nSPS) is 15.2. The van der Waals surface area contributed by atoms with Gasteiger partial charge >= 0.3 is 0 Å². The van der Waals surface area contributed by atoms with E-state index in [-0.39, 0.29) is 5.91 Å². The molecule has 1 amide bonds. The first-order chi connectivity index (χ1) is 11.7. The van der Waals surface area contributed by atoms with Crippen molar-refractivity contribution in [3.8, 4) is 5.75 Å². The quantitative estimate of drug-likeness (QED) is 0.739. The van der Waals surface area contributed by atoms with Gasteiger partial charge in [0.25, 0.3) is 0 Å². The fourth-order valence-electron chi connectivity index (χ4n) is 3.30. The van der Waals surface area contributed by atoms with Crippen LogP contribution in [0.3, 0.4) is 0 Å². The molecule has 2 N–H and O–H groups in total. The minimum Gasteiger partial charge on any atom is -0.492 e. The second kappa shape index (κ2) is 5.71. The van der Waals surface area contributed by atoms with Crippen molar-refractivity contribution in [3.05, 3.63) is 60.3 Å². The van der Waals surface area contributed by atoms with Crippen LogP contribution in [0.5, 0.6) is 5.75 Å². The molecule has 1 aliphatic rings. The van der Waals surface area contributed by atoms with Gasteiger partial charge < -0.3 is 15.0 Å². The van der Waals surface area contributed by atoms with Crippen molar-refractivity contribution in [2.45, 2.75) is 25.2 Å². The van der Waals surface area contributed by atoms with Crippen molar-refractivity contribution in [3.63, 3.8) is 0 Å². The van der Waals surface area contributed by atoms with Crippen LogP contribution in [0.1, 0.15) is 25.3 Å². The van der Waals surface area contributed by atoms with Crippen LogP contribution >= 0.6 is 0 Å². The minimum absolute atomic E-state index is 0.0411. The van der Waals surface area contributed by atoms with Crippen LogP contribution in [0.15, 0.2) is 54.7 Å². The molecule has 122 valence electrons. The second-order valence-electron chi connectivity index (χ2n) is 6.21. The Morgan fingerprint density at radius 3 is 2.71 bits per heavy atom. The van der Waals surface area contributed by atoms with Crippen LogP contribution in [0.25, 0.3) is 10.9 Å². The molecule has 0 unspecified atom stereocenters. The highest BCUT2D eigenvalue weighted by molar-refractivity contribution is 6.05. The Hall–Kier alpha value is -2.75. The van der Waals surface area contributed by atoms with Crippen molar-refractivity contribution < 1.29 is 9.53 Å². The zero-order valence-corrected chi connectivity index (χ0v) is 13.6. The highest BCUT2D eigenvalue weighted by atomic mass is 16.5. The van der Waals surface area contributed by atoms with Gasteiger partial charge in [0.15, 0.2) is 0 Å². The Balaban J connectivity index is 1.65. The molecule has 3 aromatic rings. The molecule has 1 fully saturated rings. The Bertz CT molecular complexity index is 893. The molecule has 4 nitrogen and oxygen atoms in total. The number of carbonyl (C=O) groups is 1. The summed E-state index contributed by atoms with van der Waals surface area (Å²) >= 11 is 0. The molecular weight excluding hydrogens is 300 g/mol. The predicted octanol–water partition coefficient (Wildman–Crippen LogP) is 4.24. The number of ether oxygens (including phenoxy) is 1. The summed E-state index contributed by atoms with van der Waals surface area (Å²) in [7, 11) is 0. The average Bonchev–Trinajstić information content (AvgIpc) is 3.30. The summed E-state index contributed by atoms with van der Waals surface area (Å²) in [6, 6.07) is 15.7. The third kappa shape index (κ3) is 2.35. The number of hydrogen-bond acceptors (Lipinski definition) is 2.